The number of rotatable bonds is 6. The molecular formula is C16H13I2Li2O6P. The molecule has 0 saturated heterocycles. The maximum atomic E-state index is 10.9. The normalized spacial score (nSPS) is 10.7. The molecule has 0 spiro atoms. The van der Waals surface area contributed by atoms with Crippen LogP contribution in [0, 0.1) is 7.14 Å². The molecule has 0 aliphatic rings. The first kappa shape index (κ1) is 27.4. The Morgan fingerprint density at radius 1 is 0.889 bits per heavy atom. The predicted molar refractivity (Wildman–Crippen MR) is 109 cm³/mol. The Morgan fingerprint density at radius 2 is 1.44 bits per heavy atom. The summed E-state index contributed by atoms with van der Waals surface area (Å²) < 4.78 is 27.6. The van der Waals surface area contributed by atoms with Gasteiger partial charge in [-0.05, 0) is 80.6 Å². The molecule has 2 aromatic carbocycles. The Morgan fingerprint density at radius 3 is 1.93 bits per heavy atom. The van der Waals surface area contributed by atoms with E-state index in [1.165, 1.54) is 19.2 Å². The minimum atomic E-state index is -5.17. The van der Waals surface area contributed by atoms with Crippen molar-refractivity contribution in [2.24, 2.45) is 0 Å². The van der Waals surface area contributed by atoms with Crippen molar-refractivity contribution < 1.29 is 66.1 Å². The van der Waals surface area contributed by atoms with Gasteiger partial charge in [-0.3, -0.25) is 0 Å². The zero-order valence-electron chi connectivity index (χ0n) is 15.2. The van der Waals surface area contributed by atoms with E-state index in [4.69, 9.17) is 9.47 Å². The fourth-order valence-corrected chi connectivity index (χ4v) is 4.69. The number of ether oxygens (including phenoxy) is 2. The van der Waals surface area contributed by atoms with Gasteiger partial charge in [-0.2, -0.15) is 0 Å². The SMILES string of the molecule is COc1ccc(/C=C\c2cc(I)c(OC)c(I)c2)cc1OP(=O)([O-])[O-].[Li+].[Li+]. The molecule has 2 rings (SSSR count). The molecule has 0 saturated carbocycles. The van der Waals surface area contributed by atoms with E-state index in [1.54, 1.807) is 19.3 Å². The van der Waals surface area contributed by atoms with Crippen molar-refractivity contribution in [1.82, 2.24) is 0 Å². The number of phosphoric acid groups is 1. The van der Waals surface area contributed by atoms with Gasteiger partial charge in [-0.1, -0.05) is 18.2 Å². The summed E-state index contributed by atoms with van der Waals surface area (Å²) >= 11 is 4.39. The minimum Gasteiger partial charge on any atom is -0.780 e. The number of hydrogen-bond acceptors (Lipinski definition) is 6. The van der Waals surface area contributed by atoms with Crippen molar-refractivity contribution >= 4 is 65.2 Å². The second-order valence-electron chi connectivity index (χ2n) is 4.80. The smallest absolute Gasteiger partial charge is 0.780 e. The van der Waals surface area contributed by atoms with Gasteiger partial charge in [0.1, 0.15) is 13.6 Å². The molecule has 0 N–H and O–H groups in total. The maximum absolute atomic E-state index is 10.9. The number of phosphoric ester groups is 1. The molecule has 0 aliphatic carbocycles. The fraction of sp³-hybridized carbons (Fsp3) is 0.125. The molecule has 0 aliphatic heterocycles. The number of benzene rings is 2. The predicted octanol–water partition coefficient (Wildman–Crippen LogP) is -2.70. The van der Waals surface area contributed by atoms with Gasteiger partial charge in [-0.25, -0.2) is 0 Å². The van der Waals surface area contributed by atoms with E-state index in [-0.39, 0.29) is 49.2 Å². The van der Waals surface area contributed by atoms with E-state index in [0.29, 0.717) is 5.56 Å². The summed E-state index contributed by atoms with van der Waals surface area (Å²) in [6.45, 7) is 0. The van der Waals surface area contributed by atoms with Gasteiger partial charge in [0, 0.05) is 0 Å². The summed E-state index contributed by atoms with van der Waals surface area (Å²) in [5.41, 5.74) is 1.61. The van der Waals surface area contributed by atoms with Crippen molar-refractivity contribution in [1.29, 1.82) is 0 Å². The second kappa shape index (κ2) is 12.2. The van der Waals surface area contributed by atoms with Crippen LogP contribution in [0.25, 0.3) is 12.2 Å². The summed E-state index contributed by atoms with van der Waals surface area (Å²) in [5, 5.41) is 0. The van der Waals surface area contributed by atoms with Crippen LogP contribution in [0.1, 0.15) is 11.1 Å². The minimum absolute atomic E-state index is 0. The van der Waals surface area contributed by atoms with Gasteiger partial charge < -0.3 is 28.3 Å². The monoisotopic (exact) mass is 600 g/mol. The molecule has 0 atom stereocenters. The first-order valence-corrected chi connectivity index (χ1v) is 10.5. The molecule has 0 radical (unpaired) electrons. The van der Waals surface area contributed by atoms with Gasteiger partial charge in [-0.15, -0.1) is 0 Å². The van der Waals surface area contributed by atoms with Gasteiger partial charge in [0.25, 0.3) is 0 Å². The Labute approximate surface area is 209 Å². The van der Waals surface area contributed by atoms with Crippen LogP contribution in [0.15, 0.2) is 30.3 Å². The molecule has 0 fully saturated rings. The molecule has 6 nitrogen and oxygen atoms in total. The average molecular weight is 600 g/mol. The molecule has 134 valence electrons. The van der Waals surface area contributed by atoms with Crippen LogP contribution in [0.5, 0.6) is 17.2 Å². The van der Waals surface area contributed by atoms with Crippen LogP contribution >= 0.6 is 53.0 Å². The van der Waals surface area contributed by atoms with E-state index in [0.717, 1.165) is 18.5 Å². The Kier molecular flexibility index (Phi) is 12.3. The van der Waals surface area contributed by atoms with Crippen molar-refractivity contribution in [2.75, 3.05) is 14.2 Å². The van der Waals surface area contributed by atoms with Crippen LogP contribution in [0.4, 0.5) is 0 Å². The zero-order chi connectivity index (χ0) is 18.6. The third-order valence-electron chi connectivity index (χ3n) is 3.09. The summed E-state index contributed by atoms with van der Waals surface area (Å²) in [4.78, 5) is 21.7. The van der Waals surface area contributed by atoms with Crippen LogP contribution < -0.4 is 61.5 Å². The van der Waals surface area contributed by atoms with Crippen LogP contribution in [0.3, 0.4) is 0 Å². The number of halogens is 2. The molecule has 0 unspecified atom stereocenters. The summed E-state index contributed by atoms with van der Waals surface area (Å²) in [6, 6.07) is 8.61. The van der Waals surface area contributed by atoms with E-state index >= 15 is 0 Å². The summed E-state index contributed by atoms with van der Waals surface area (Å²) in [5.74, 6) is 0.842. The largest absolute Gasteiger partial charge is 1.00 e. The van der Waals surface area contributed by atoms with E-state index in [9.17, 15) is 14.4 Å². The molecule has 27 heavy (non-hydrogen) atoms. The molecule has 0 heterocycles. The standard InChI is InChI=1S/C16H15I2O6P.2Li/c1-22-14-6-5-10(9-15(14)24-25(19,20)21)3-4-11-7-12(17)16(23-2)13(18)8-11;;/h3-9H,1-2H3,(H2,19,20,21);;/q;2*+1/p-2/b4-3-;;. The van der Waals surface area contributed by atoms with E-state index in [1.807, 2.05) is 18.2 Å². The van der Waals surface area contributed by atoms with Crippen molar-refractivity contribution in [2.45, 2.75) is 0 Å². The van der Waals surface area contributed by atoms with Gasteiger partial charge in [0.2, 0.25) is 0 Å². The zero-order valence-corrected chi connectivity index (χ0v) is 20.4. The maximum Gasteiger partial charge on any atom is 1.00 e. The van der Waals surface area contributed by atoms with Gasteiger partial charge in [0.15, 0.2) is 11.5 Å². The van der Waals surface area contributed by atoms with Crippen LogP contribution in [-0.2, 0) is 4.57 Å². The number of hydrogen-bond donors (Lipinski definition) is 0. The average Bonchev–Trinajstić information content (AvgIpc) is 2.51. The van der Waals surface area contributed by atoms with Crippen LogP contribution in [-0.4, -0.2) is 14.2 Å². The molecule has 2 aromatic rings. The quantitative estimate of drug-likeness (QED) is 0.155. The summed E-state index contributed by atoms with van der Waals surface area (Å²) in [6.07, 6.45) is 3.64. The van der Waals surface area contributed by atoms with Gasteiger partial charge in [0.05, 0.1) is 21.4 Å². The molecule has 0 aromatic heterocycles. The van der Waals surface area contributed by atoms with Gasteiger partial charge >= 0.3 is 37.7 Å². The Balaban J connectivity index is 0.00000338. The third kappa shape index (κ3) is 8.34. The van der Waals surface area contributed by atoms with Crippen molar-refractivity contribution in [3.05, 3.63) is 48.6 Å². The second-order valence-corrected chi connectivity index (χ2v) is 8.20. The number of methoxy groups -OCH3 is 2. The first-order chi connectivity index (χ1) is 11.7. The fourth-order valence-electron chi connectivity index (χ4n) is 2.05. The van der Waals surface area contributed by atoms with E-state index in [2.05, 4.69) is 49.7 Å². The van der Waals surface area contributed by atoms with Crippen molar-refractivity contribution in [3.63, 3.8) is 0 Å². The topological polar surface area (TPSA) is 90.9 Å². The Hall–Kier alpha value is 0.385. The summed E-state index contributed by atoms with van der Waals surface area (Å²) in [7, 11) is -2.18. The first-order valence-electron chi connectivity index (χ1n) is 6.84. The van der Waals surface area contributed by atoms with Crippen LogP contribution in [0.2, 0.25) is 0 Å². The molecular weight excluding hydrogens is 587 g/mol. The van der Waals surface area contributed by atoms with E-state index < -0.39 is 7.82 Å². The Bertz CT molecular complexity index is 834. The molecule has 0 bridgehead atoms. The third-order valence-corrected chi connectivity index (χ3v) is 5.11. The van der Waals surface area contributed by atoms with Crippen molar-refractivity contribution in [3.8, 4) is 17.2 Å². The molecule has 11 heteroatoms. The molecule has 0 amide bonds.